The summed E-state index contributed by atoms with van der Waals surface area (Å²) >= 11 is 0. The van der Waals surface area contributed by atoms with Crippen molar-refractivity contribution in [1.29, 1.82) is 0 Å². The molecule has 1 unspecified atom stereocenters. The molecule has 282 valence electrons. The number of carboxylic acid groups (broad SMARTS) is 2. The summed E-state index contributed by atoms with van der Waals surface area (Å²) in [5, 5.41) is 20.0. The fourth-order valence-electron chi connectivity index (χ4n) is 5.80. The number of nitrogens with zero attached hydrogens (tertiary/aromatic N) is 2. The molecule has 53 heavy (non-hydrogen) atoms. The first-order valence-corrected chi connectivity index (χ1v) is 17.9. The molecule has 0 bridgehead atoms. The van der Waals surface area contributed by atoms with E-state index < -0.39 is 69.8 Å². The number of guanidine groups is 1. The van der Waals surface area contributed by atoms with Gasteiger partial charge in [0.05, 0.1) is 18.1 Å². The van der Waals surface area contributed by atoms with E-state index in [1.54, 1.807) is 87.5 Å². The highest BCUT2D eigenvalue weighted by molar-refractivity contribution is 7.89. The molecule has 1 aliphatic heterocycles. The van der Waals surface area contributed by atoms with Gasteiger partial charge in [-0.1, -0.05) is 66.7 Å². The molecule has 7 N–H and O–H groups in total. The molecule has 3 aromatic carbocycles. The average molecular weight is 752 g/mol. The molecule has 3 atom stereocenters. The minimum absolute atomic E-state index is 0.0994. The predicted molar refractivity (Wildman–Crippen MR) is 189 cm³/mol. The van der Waals surface area contributed by atoms with Crippen molar-refractivity contribution in [2.24, 2.45) is 22.4 Å². The van der Waals surface area contributed by atoms with Gasteiger partial charge in [0.15, 0.2) is 29.7 Å². The Balaban J connectivity index is 1.76. The number of rotatable bonds is 19. The maximum absolute atomic E-state index is 14.6. The summed E-state index contributed by atoms with van der Waals surface area (Å²) in [6.45, 7) is 4.20. The Morgan fingerprint density at radius 2 is 1.43 bits per heavy atom. The number of benzene rings is 3. The number of hydrogen-bond donors (Lipinski definition) is 5. The molecule has 2 amide bonds. The molecule has 0 aliphatic carbocycles. The van der Waals surface area contributed by atoms with Crippen LogP contribution in [0.4, 0.5) is 0 Å². The molecule has 3 aromatic rings. The van der Waals surface area contributed by atoms with E-state index in [0.717, 1.165) is 5.56 Å². The average Bonchev–Trinajstić information content (AvgIpc) is 3.11. The Hall–Kier alpha value is -5.49. The van der Waals surface area contributed by atoms with Gasteiger partial charge in [0.25, 0.3) is 11.8 Å². The lowest BCUT2D eigenvalue weighted by molar-refractivity contribution is -0.189. The Morgan fingerprint density at radius 1 is 0.868 bits per heavy atom. The van der Waals surface area contributed by atoms with Gasteiger partial charge in [-0.3, -0.25) is 24.3 Å². The fourth-order valence-corrected chi connectivity index (χ4v) is 7.41. The zero-order chi connectivity index (χ0) is 39.1. The molecule has 4 rings (SSSR count). The third-order valence-electron chi connectivity index (χ3n) is 8.87. The molecule has 0 spiro atoms. The van der Waals surface area contributed by atoms with Crippen molar-refractivity contribution in [2.45, 2.75) is 69.6 Å². The molecule has 0 aromatic heterocycles. The zero-order valence-corrected chi connectivity index (χ0v) is 30.0. The summed E-state index contributed by atoms with van der Waals surface area (Å²) in [5.74, 6) is -10.4. The smallest absolute Gasteiger partial charge is 0.335 e. The third kappa shape index (κ3) is 9.12. The van der Waals surface area contributed by atoms with Crippen LogP contribution in [0.25, 0.3) is 0 Å². The van der Waals surface area contributed by atoms with Crippen LogP contribution in [0.5, 0.6) is 0 Å². The molecule has 1 aliphatic rings. The van der Waals surface area contributed by atoms with E-state index in [2.05, 4.69) is 9.71 Å². The highest BCUT2D eigenvalue weighted by Gasteiger charge is 2.63. The Kier molecular flexibility index (Phi) is 12.8. The zero-order valence-electron chi connectivity index (χ0n) is 29.2. The number of ether oxygens (including phenoxy) is 2. The number of hydrogen-bond acceptors (Lipinski definition) is 10. The van der Waals surface area contributed by atoms with E-state index in [1.165, 1.54) is 6.07 Å². The molecule has 16 nitrogen and oxygen atoms in total. The topological polar surface area (TPSA) is 258 Å². The maximum Gasteiger partial charge on any atom is 0.335 e. The number of amides is 2. The van der Waals surface area contributed by atoms with E-state index in [4.69, 9.17) is 20.9 Å². The quantitative estimate of drug-likeness (QED) is 0.0291. The Morgan fingerprint density at radius 3 is 1.96 bits per heavy atom. The van der Waals surface area contributed by atoms with Gasteiger partial charge in [-0.25, -0.2) is 18.0 Å². The summed E-state index contributed by atoms with van der Waals surface area (Å²) in [7, 11) is -4.65. The first-order valence-electron chi connectivity index (χ1n) is 16.4. The number of sulfonamides is 1. The standard InChI is InChI=1S/C36H41N5O11S/c1-21-15-16-26(23(3)22(21)2)53(49,50)40-36(17-10-18-39-35(37)38,52-20-25-13-8-5-9-14-25)30(42)27-31(43)41(32(27)44)28(33(45)46)29(34(47)48)51-19-24-11-6-4-7-12-24/h4-9,11-16,27-29,40H,10,17-20H2,1-3H3,(H,45,46)(H,47,48)(H4,37,38,39)/t28-,29?,36+/m0/s1. The monoisotopic (exact) mass is 751 g/mol. The van der Waals surface area contributed by atoms with Crippen molar-refractivity contribution in [3.05, 3.63) is 101 Å². The number of carboxylic acids is 2. The molecule has 1 heterocycles. The van der Waals surface area contributed by atoms with Gasteiger partial charge >= 0.3 is 11.9 Å². The lowest BCUT2D eigenvalue weighted by Crippen LogP contribution is -2.72. The molecule has 1 fully saturated rings. The number of ketones is 1. The maximum atomic E-state index is 14.6. The van der Waals surface area contributed by atoms with Crippen LogP contribution in [0.1, 0.15) is 40.7 Å². The first kappa shape index (κ1) is 40.3. The Labute approximate surface area is 305 Å². The lowest BCUT2D eigenvalue weighted by atomic mass is 9.83. The molecular weight excluding hydrogens is 710 g/mol. The molecule has 0 saturated carbocycles. The second kappa shape index (κ2) is 16.9. The van der Waals surface area contributed by atoms with Crippen LogP contribution in [0.3, 0.4) is 0 Å². The van der Waals surface area contributed by atoms with Crippen molar-refractivity contribution >= 4 is 45.5 Å². The van der Waals surface area contributed by atoms with Gasteiger partial charge in [-0.2, -0.15) is 4.72 Å². The molecule has 1 saturated heterocycles. The van der Waals surface area contributed by atoms with E-state index in [9.17, 15) is 42.6 Å². The number of aryl methyl sites for hydroxylation is 1. The highest BCUT2D eigenvalue weighted by atomic mass is 32.2. The minimum Gasteiger partial charge on any atom is -0.480 e. The number of carbonyl (C=O) groups is 5. The van der Waals surface area contributed by atoms with Gasteiger partial charge in [-0.05, 0) is 61.1 Å². The summed E-state index contributed by atoms with van der Waals surface area (Å²) in [6.07, 6.45) is -2.82. The first-order chi connectivity index (χ1) is 25.0. The van der Waals surface area contributed by atoms with Gasteiger partial charge in [0, 0.05) is 13.0 Å². The van der Waals surface area contributed by atoms with Gasteiger partial charge in [0.2, 0.25) is 15.8 Å². The predicted octanol–water partition coefficient (Wildman–Crippen LogP) is 1.53. The second-order valence-electron chi connectivity index (χ2n) is 12.4. The largest absolute Gasteiger partial charge is 0.480 e. The molecule has 17 heteroatoms. The minimum atomic E-state index is -4.65. The Bertz CT molecular complexity index is 1990. The number of nitrogens with one attached hydrogen (secondary N) is 1. The number of imide groups is 1. The van der Waals surface area contributed by atoms with Crippen molar-refractivity contribution in [1.82, 2.24) is 9.62 Å². The summed E-state index contributed by atoms with van der Waals surface area (Å²) in [4.78, 5) is 70.6. The number of aliphatic imine (C=N–C) groups is 1. The van der Waals surface area contributed by atoms with Crippen LogP contribution >= 0.6 is 0 Å². The van der Waals surface area contributed by atoms with Crippen LogP contribution in [0.15, 0.2) is 82.7 Å². The van der Waals surface area contributed by atoms with E-state index in [-0.39, 0.29) is 41.9 Å². The van der Waals surface area contributed by atoms with E-state index in [0.29, 0.717) is 22.3 Å². The molecular formula is C36H41N5O11S. The van der Waals surface area contributed by atoms with Crippen LogP contribution in [0, 0.1) is 26.7 Å². The number of Topliss-reactive ketones (excluding diaryl/α,β-unsaturated/α-hetero) is 1. The van der Waals surface area contributed by atoms with Crippen LogP contribution in [0.2, 0.25) is 0 Å². The third-order valence-corrected chi connectivity index (χ3v) is 10.5. The number of likely N-dealkylation sites (tertiary alicyclic amines) is 1. The molecule has 0 radical (unpaired) electrons. The normalized spacial score (nSPS) is 15.6. The van der Waals surface area contributed by atoms with Crippen molar-refractivity contribution in [3.8, 4) is 0 Å². The van der Waals surface area contributed by atoms with Crippen molar-refractivity contribution < 1.29 is 52.1 Å². The highest BCUT2D eigenvalue weighted by Crippen LogP contribution is 2.34. The number of nitrogens with two attached hydrogens (primary N) is 2. The van der Waals surface area contributed by atoms with Crippen molar-refractivity contribution in [3.63, 3.8) is 0 Å². The summed E-state index contributed by atoms with van der Waals surface area (Å²) in [6, 6.07) is 17.0. The van der Waals surface area contributed by atoms with Crippen LogP contribution < -0.4 is 16.2 Å². The summed E-state index contributed by atoms with van der Waals surface area (Å²) in [5.41, 5.74) is 11.1. The van der Waals surface area contributed by atoms with Crippen LogP contribution in [-0.4, -0.2) is 83.4 Å². The fraction of sp³-hybridized carbons (Fsp3) is 0.333. The van der Waals surface area contributed by atoms with E-state index >= 15 is 0 Å². The van der Waals surface area contributed by atoms with Gasteiger partial charge < -0.3 is 31.2 Å². The van der Waals surface area contributed by atoms with E-state index in [1.807, 2.05) is 0 Å². The summed E-state index contributed by atoms with van der Waals surface area (Å²) < 4.78 is 42.1. The lowest BCUT2D eigenvalue weighted by Gasteiger charge is -2.43. The SMILES string of the molecule is Cc1ccc(S(=O)(=O)N[C@](CCCN=C(N)N)(OCc2ccccc2)C(=O)C2C(=O)N([C@H](C(=O)O)C(OCc3ccccc3)C(=O)O)C2=O)c(C)c1C. The van der Waals surface area contributed by atoms with Crippen LogP contribution in [-0.2, 0) is 56.7 Å². The van der Waals surface area contributed by atoms with Gasteiger partial charge in [-0.15, -0.1) is 0 Å². The van der Waals surface area contributed by atoms with Crippen molar-refractivity contribution in [2.75, 3.05) is 6.54 Å². The number of carbonyl (C=O) groups excluding carboxylic acids is 3. The number of β-lactam (4-membered cyclic amide) rings is 2. The second-order valence-corrected chi connectivity index (χ2v) is 14.1. The van der Waals surface area contributed by atoms with Gasteiger partial charge in [0.1, 0.15) is 0 Å². The number of aliphatic carboxylic acids is 2.